The number of halogens is 1. The molecule has 0 saturated carbocycles. The molecule has 0 unspecified atom stereocenters. The molecule has 2 rings (SSSR count). The normalized spacial score (nSPS) is 10.4. The Balaban J connectivity index is 2.89. The van der Waals surface area contributed by atoms with Gasteiger partial charge in [0.05, 0.1) is 0 Å². The van der Waals surface area contributed by atoms with E-state index in [1.165, 1.54) is 0 Å². The van der Waals surface area contributed by atoms with E-state index in [1.807, 2.05) is 24.3 Å². The Labute approximate surface area is 78.8 Å². The molecule has 60 valence electrons. The lowest BCUT2D eigenvalue weighted by molar-refractivity contribution is 0.546. The van der Waals surface area contributed by atoms with Gasteiger partial charge in [-0.1, -0.05) is 24.8 Å². The zero-order chi connectivity index (χ0) is 8.55. The fourth-order valence-electron chi connectivity index (χ4n) is 1.24. The fourth-order valence-corrected chi connectivity index (χ4v) is 1.68. The summed E-state index contributed by atoms with van der Waals surface area (Å²) >= 11 is 3.33. The molecule has 0 spiro atoms. The van der Waals surface area contributed by atoms with E-state index in [0.29, 0.717) is 0 Å². The molecule has 0 aliphatic carbocycles. The second-order valence-electron chi connectivity index (χ2n) is 2.52. The van der Waals surface area contributed by atoms with Crippen molar-refractivity contribution in [1.82, 2.24) is 0 Å². The van der Waals surface area contributed by atoms with Gasteiger partial charge in [-0.2, -0.15) is 0 Å². The SMILES string of the molecule is C=Cc1cccc2c(Br)occ12. The molecule has 0 N–H and O–H groups in total. The van der Waals surface area contributed by atoms with Gasteiger partial charge in [-0.15, -0.1) is 0 Å². The van der Waals surface area contributed by atoms with Gasteiger partial charge >= 0.3 is 0 Å². The van der Waals surface area contributed by atoms with Crippen molar-refractivity contribution < 1.29 is 4.42 Å². The van der Waals surface area contributed by atoms with Crippen LogP contribution in [0.2, 0.25) is 0 Å². The summed E-state index contributed by atoms with van der Waals surface area (Å²) in [6.07, 6.45) is 3.56. The summed E-state index contributed by atoms with van der Waals surface area (Å²) in [5.74, 6) is 0. The molecule has 1 heterocycles. The molecular formula is C10H7BrO. The quantitative estimate of drug-likeness (QED) is 0.715. The standard InChI is InChI=1S/C10H7BrO/c1-2-7-4-3-5-8-9(7)6-12-10(8)11/h2-6H,1H2. The summed E-state index contributed by atoms with van der Waals surface area (Å²) < 4.78 is 6.01. The van der Waals surface area contributed by atoms with Crippen molar-refractivity contribution in [2.75, 3.05) is 0 Å². The van der Waals surface area contributed by atoms with Crippen molar-refractivity contribution in [3.63, 3.8) is 0 Å². The van der Waals surface area contributed by atoms with Gasteiger partial charge in [0.1, 0.15) is 6.26 Å². The Hall–Kier alpha value is -1.02. The first kappa shape index (κ1) is 7.62. The number of benzene rings is 1. The van der Waals surface area contributed by atoms with Gasteiger partial charge in [0.15, 0.2) is 4.67 Å². The van der Waals surface area contributed by atoms with Crippen LogP contribution in [0.5, 0.6) is 0 Å². The lowest BCUT2D eigenvalue weighted by Crippen LogP contribution is -1.71. The first-order valence-corrected chi connectivity index (χ1v) is 4.40. The van der Waals surface area contributed by atoms with E-state index < -0.39 is 0 Å². The molecule has 2 heteroatoms. The Morgan fingerprint density at radius 3 is 2.92 bits per heavy atom. The predicted molar refractivity (Wildman–Crippen MR) is 54.0 cm³/mol. The molecule has 0 amide bonds. The molecule has 0 bridgehead atoms. The minimum absolute atomic E-state index is 0.779. The van der Waals surface area contributed by atoms with Crippen LogP contribution in [-0.4, -0.2) is 0 Å². The van der Waals surface area contributed by atoms with E-state index in [9.17, 15) is 0 Å². The van der Waals surface area contributed by atoms with Crippen LogP contribution in [0.3, 0.4) is 0 Å². The third-order valence-electron chi connectivity index (χ3n) is 1.85. The van der Waals surface area contributed by atoms with Crippen molar-refractivity contribution in [3.05, 3.63) is 41.3 Å². The molecule has 0 aliphatic heterocycles. The second kappa shape index (κ2) is 2.79. The Morgan fingerprint density at radius 2 is 2.17 bits per heavy atom. The lowest BCUT2D eigenvalue weighted by Gasteiger charge is -1.93. The highest BCUT2D eigenvalue weighted by Gasteiger charge is 2.03. The van der Waals surface area contributed by atoms with Gasteiger partial charge in [-0.3, -0.25) is 0 Å². The van der Waals surface area contributed by atoms with Crippen LogP contribution in [-0.2, 0) is 0 Å². The van der Waals surface area contributed by atoms with Crippen molar-refractivity contribution in [1.29, 1.82) is 0 Å². The molecule has 0 atom stereocenters. The summed E-state index contributed by atoms with van der Waals surface area (Å²) in [5.41, 5.74) is 1.10. The first-order chi connectivity index (χ1) is 5.83. The number of fused-ring (bicyclic) bond motifs is 1. The van der Waals surface area contributed by atoms with E-state index in [2.05, 4.69) is 22.5 Å². The molecule has 1 aromatic heterocycles. The van der Waals surface area contributed by atoms with Crippen LogP contribution < -0.4 is 0 Å². The third-order valence-corrected chi connectivity index (χ3v) is 2.47. The van der Waals surface area contributed by atoms with Gasteiger partial charge in [0, 0.05) is 10.8 Å². The van der Waals surface area contributed by atoms with Crippen LogP contribution in [0.25, 0.3) is 16.8 Å². The van der Waals surface area contributed by atoms with Gasteiger partial charge in [-0.25, -0.2) is 0 Å². The van der Waals surface area contributed by atoms with Crippen LogP contribution in [0.15, 0.2) is 40.1 Å². The van der Waals surface area contributed by atoms with Crippen LogP contribution in [0.4, 0.5) is 0 Å². The molecular weight excluding hydrogens is 216 g/mol. The number of hydrogen-bond donors (Lipinski definition) is 0. The van der Waals surface area contributed by atoms with Crippen molar-refractivity contribution >= 4 is 32.8 Å². The van der Waals surface area contributed by atoms with Crippen molar-refractivity contribution in [3.8, 4) is 0 Å². The summed E-state index contributed by atoms with van der Waals surface area (Å²) in [6.45, 7) is 3.73. The molecule has 12 heavy (non-hydrogen) atoms. The van der Waals surface area contributed by atoms with Crippen LogP contribution >= 0.6 is 15.9 Å². The van der Waals surface area contributed by atoms with E-state index in [-0.39, 0.29) is 0 Å². The monoisotopic (exact) mass is 222 g/mol. The van der Waals surface area contributed by atoms with Gasteiger partial charge in [0.2, 0.25) is 0 Å². The number of furan rings is 1. The fraction of sp³-hybridized carbons (Fsp3) is 0. The van der Waals surface area contributed by atoms with Crippen molar-refractivity contribution in [2.24, 2.45) is 0 Å². The Bertz CT molecular complexity index is 428. The summed E-state index contributed by atoms with van der Waals surface area (Å²) in [5, 5.41) is 2.19. The maximum absolute atomic E-state index is 5.23. The summed E-state index contributed by atoms with van der Waals surface area (Å²) in [6, 6.07) is 6.01. The molecule has 2 aromatic rings. The van der Waals surface area contributed by atoms with Crippen LogP contribution in [0.1, 0.15) is 5.56 Å². The maximum atomic E-state index is 5.23. The smallest absolute Gasteiger partial charge is 0.176 e. The Kier molecular flexibility index (Phi) is 1.77. The molecule has 1 aromatic carbocycles. The van der Waals surface area contributed by atoms with E-state index in [4.69, 9.17) is 4.42 Å². The maximum Gasteiger partial charge on any atom is 0.176 e. The highest BCUT2D eigenvalue weighted by molar-refractivity contribution is 9.10. The highest BCUT2D eigenvalue weighted by atomic mass is 79.9. The Morgan fingerprint density at radius 1 is 1.33 bits per heavy atom. The first-order valence-electron chi connectivity index (χ1n) is 3.61. The summed E-state index contributed by atoms with van der Waals surface area (Å²) in [7, 11) is 0. The second-order valence-corrected chi connectivity index (χ2v) is 3.24. The average molecular weight is 223 g/mol. The molecule has 1 nitrogen and oxygen atoms in total. The topological polar surface area (TPSA) is 13.1 Å². The predicted octanol–water partition coefficient (Wildman–Crippen LogP) is 3.84. The average Bonchev–Trinajstić information content (AvgIpc) is 2.48. The molecule has 0 fully saturated rings. The third kappa shape index (κ3) is 0.994. The largest absolute Gasteiger partial charge is 0.456 e. The zero-order valence-electron chi connectivity index (χ0n) is 6.38. The lowest BCUT2D eigenvalue weighted by atomic mass is 10.1. The van der Waals surface area contributed by atoms with Gasteiger partial charge < -0.3 is 4.42 Å². The van der Waals surface area contributed by atoms with Crippen molar-refractivity contribution in [2.45, 2.75) is 0 Å². The zero-order valence-corrected chi connectivity index (χ0v) is 7.97. The molecule has 0 aliphatic rings. The minimum Gasteiger partial charge on any atom is -0.456 e. The molecule has 0 saturated heterocycles. The molecule has 0 radical (unpaired) electrons. The highest BCUT2D eigenvalue weighted by Crippen LogP contribution is 2.28. The number of rotatable bonds is 1. The number of hydrogen-bond acceptors (Lipinski definition) is 1. The minimum atomic E-state index is 0.779. The van der Waals surface area contributed by atoms with E-state index in [0.717, 1.165) is 21.0 Å². The van der Waals surface area contributed by atoms with Gasteiger partial charge in [0.25, 0.3) is 0 Å². The van der Waals surface area contributed by atoms with E-state index >= 15 is 0 Å². The van der Waals surface area contributed by atoms with Crippen LogP contribution in [0, 0.1) is 0 Å². The van der Waals surface area contributed by atoms with E-state index in [1.54, 1.807) is 6.26 Å². The summed E-state index contributed by atoms with van der Waals surface area (Å²) in [4.78, 5) is 0. The van der Waals surface area contributed by atoms with Gasteiger partial charge in [-0.05, 0) is 27.6 Å².